The van der Waals surface area contributed by atoms with Crippen LogP contribution in [0.5, 0.6) is 0 Å². The lowest BCUT2D eigenvalue weighted by Crippen LogP contribution is -2.04. The minimum Gasteiger partial charge on any atom is -0.281 e. The second-order valence-corrected chi connectivity index (χ2v) is 11.9. The van der Waals surface area contributed by atoms with Gasteiger partial charge in [-0.15, -0.1) is 11.3 Å². The summed E-state index contributed by atoms with van der Waals surface area (Å²) in [6, 6.07) is 44.4. The van der Waals surface area contributed by atoms with E-state index in [1.54, 1.807) is 0 Å². The van der Waals surface area contributed by atoms with Crippen molar-refractivity contribution in [2.75, 3.05) is 0 Å². The summed E-state index contributed by atoms with van der Waals surface area (Å²) in [5, 5.41) is 5.87. The van der Waals surface area contributed by atoms with Crippen LogP contribution in [0.4, 0.5) is 0 Å². The molecule has 0 amide bonds. The van der Waals surface area contributed by atoms with E-state index in [4.69, 9.17) is 15.0 Å². The molecule has 10 rings (SSSR count). The summed E-state index contributed by atoms with van der Waals surface area (Å²) in [7, 11) is 0. The Bertz CT molecular complexity index is 2730. The Labute approximate surface area is 248 Å². The van der Waals surface area contributed by atoms with Gasteiger partial charge in [-0.2, -0.15) is 0 Å². The molecule has 0 fully saturated rings. The molecule has 0 aliphatic rings. The Balaban J connectivity index is 1.48. The highest BCUT2D eigenvalue weighted by atomic mass is 32.1. The maximum Gasteiger partial charge on any atom is 0.235 e. The lowest BCUT2D eigenvalue weighted by Gasteiger charge is -2.12. The Morgan fingerprint density at radius 3 is 2.05 bits per heavy atom. The van der Waals surface area contributed by atoms with Gasteiger partial charge in [-0.25, -0.2) is 15.0 Å². The van der Waals surface area contributed by atoms with E-state index in [-0.39, 0.29) is 0 Å². The fraction of sp³-hybridized carbons (Fsp3) is 0. The number of hydrogen-bond acceptors (Lipinski definition) is 4. The number of aromatic nitrogens is 5. The van der Waals surface area contributed by atoms with Crippen LogP contribution in [0.25, 0.3) is 86.9 Å². The Kier molecular flexibility index (Phi) is 4.54. The number of para-hydroxylation sites is 4. The molecule has 10 aromatic rings. The van der Waals surface area contributed by atoms with Crippen LogP contribution in [0.15, 0.2) is 127 Å². The lowest BCUT2D eigenvalue weighted by molar-refractivity contribution is 1.01. The van der Waals surface area contributed by atoms with E-state index >= 15 is 0 Å². The summed E-state index contributed by atoms with van der Waals surface area (Å²) >= 11 is 1.82. The van der Waals surface area contributed by atoms with Gasteiger partial charge < -0.3 is 0 Å². The summed E-state index contributed by atoms with van der Waals surface area (Å²) < 4.78 is 5.83. The third-order valence-corrected chi connectivity index (χ3v) is 9.67. The number of fused-ring (bicyclic) bond motifs is 13. The van der Waals surface area contributed by atoms with Crippen molar-refractivity contribution in [1.29, 1.82) is 0 Å². The van der Waals surface area contributed by atoms with Gasteiger partial charge in [-0.05, 0) is 30.3 Å². The van der Waals surface area contributed by atoms with Crippen molar-refractivity contribution in [3.8, 4) is 17.2 Å². The van der Waals surface area contributed by atoms with Gasteiger partial charge in [0.25, 0.3) is 0 Å². The van der Waals surface area contributed by atoms with Gasteiger partial charge in [0.05, 0.1) is 27.8 Å². The van der Waals surface area contributed by atoms with Gasteiger partial charge in [-0.1, -0.05) is 97.1 Å². The molecule has 0 N–H and O–H groups in total. The highest BCUT2D eigenvalue weighted by Crippen LogP contribution is 2.45. The quantitative estimate of drug-likeness (QED) is 0.209. The summed E-state index contributed by atoms with van der Waals surface area (Å²) in [6.45, 7) is 0. The Morgan fingerprint density at radius 1 is 0.512 bits per heavy atom. The fourth-order valence-corrected chi connectivity index (χ4v) is 7.94. The van der Waals surface area contributed by atoms with Crippen molar-refractivity contribution in [1.82, 2.24) is 23.9 Å². The van der Waals surface area contributed by atoms with E-state index in [1.807, 2.05) is 23.5 Å². The van der Waals surface area contributed by atoms with Crippen LogP contribution in [0.2, 0.25) is 0 Å². The van der Waals surface area contributed by atoms with Crippen LogP contribution in [-0.4, -0.2) is 23.9 Å². The Morgan fingerprint density at radius 2 is 1.19 bits per heavy atom. The van der Waals surface area contributed by atoms with Gasteiger partial charge in [-0.3, -0.25) is 8.97 Å². The fourth-order valence-electron chi connectivity index (χ4n) is 6.71. The SMILES string of the molecule is c1ccc(-c2nc(-n3c4ccccc4c4c5c6ccccc6sc5n5c6ccccc6nc5c43)nc3ccccc23)cc1. The molecule has 5 nitrogen and oxygen atoms in total. The van der Waals surface area contributed by atoms with E-state index in [9.17, 15) is 0 Å². The molecule has 0 radical (unpaired) electrons. The van der Waals surface area contributed by atoms with Crippen LogP contribution >= 0.6 is 11.3 Å². The highest BCUT2D eigenvalue weighted by Gasteiger charge is 2.25. The normalized spacial score (nSPS) is 12.2. The average molecular weight is 568 g/mol. The molecule has 5 aromatic heterocycles. The summed E-state index contributed by atoms with van der Waals surface area (Å²) in [4.78, 5) is 17.0. The van der Waals surface area contributed by atoms with E-state index in [0.717, 1.165) is 49.9 Å². The van der Waals surface area contributed by atoms with E-state index in [1.165, 1.54) is 31.1 Å². The minimum absolute atomic E-state index is 0.636. The third kappa shape index (κ3) is 3.07. The molecule has 0 bridgehead atoms. The minimum atomic E-state index is 0.636. The van der Waals surface area contributed by atoms with Gasteiger partial charge in [0.2, 0.25) is 5.95 Å². The first kappa shape index (κ1) is 23.0. The molecule has 0 aliphatic carbocycles. The molecule has 0 unspecified atom stereocenters. The summed E-state index contributed by atoms with van der Waals surface area (Å²) in [5.41, 5.74) is 7.93. The molecule has 6 heteroatoms. The van der Waals surface area contributed by atoms with Crippen molar-refractivity contribution in [3.63, 3.8) is 0 Å². The topological polar surface area (TPSA) is 48.0 Å². The van der Waals surface area contributed by atoms with E-state index < -0.39 is 0 Å². The summed E-state index contributed by atoms with van der Waals surface area (Å²) in [5.74, 6) is 0.636. The number of benzene rings is 5. The predicted molar refractivity (Wildman–Crippen MR) is 178 cm³/mol. The standard InChI is InChI=1S/C37H21N5S/c1-2-12-22(13-3-1)33-23-14-4-7-17-26(23)39-37(40-33)41-28-19-9-5-15-24(28)31-32-25-16-6-11-21-30(25)43-36(32)42-29-20-10-8-18-27(29)38-35(42)34(31)41/h1-21H. The largest absolute Gasteiger partial charge is 0.281 e. The predicted octanol–water partition coefficient (Wildman–Crippen LogP) is 9.56. The molecule has 0 aliphatic heterocycles. The molecule has 200 valence electrons. The van der Waals surface area contributed by atoms with Gasteiger partial charge in [0.15, 0.2) is 5.65 Å². The van der Waals surface area contributed by atoms with E-state index in [2.05, 4.69) is 124 Å². The van der Waals surface area contributed by atoms with Crippen LogP contribution < -0.4 is 0 Å². The van der Waals surface area contributed by atoms with Crippen LogP contribution in [0.3, 0.4) is 0 Å². The molecule has 5 aromatic carbocycles. The number of pyridine rings is 1. The van der Waals surface area contributed by atoms with Gasteiger partial charge in [0.1, 0.15) is 10.3 Å². The first-order chi connectivity index (χ1) is 21.3. The van der Waals surface area contributed by atoms with E-state index in [0.29, 0.717) is 5.95 Å². The Hall–Kier alpha value is -5.59. The van der Waals surface area contributed by atoms with Crippen LogP contribution in [0.1, 0.15) is 0 Å². The molecule has 43 heavy (non-hydrogen) atoms. The molecule has 0 saturated heterocycles. The second-order valence-electron chi connectivity index (χ2n) is 10.9. The van der Waals surface area contributed by atoms with Crippen molar-refractivity contribution in [2.45, 2.75) is 0 Å². The van der Waals surface area contributed by atoms with Crippen molar-refractivity contribution in [3.05, 3.63) is 127 Å². The summed E-state index contributed by atoms with van der Waals surface area (Å²) in [6.07, 6.45) is 0. The zero-order valence-electron chi connectivity index (χ0n) is 22.8. The molecule has 0 atom stereocenters. The lowest BCUT2D eigenvalue weighted by atomic mass is 10.1. The number of imidazole rings is 1. The molecule has 0 spiro atoms. The molecule has 0 saturated carbocycles. The zero-order chi connectivity index (χ0) is 28.1. The molecule has 5 heterocycles. The maximum atomic E-state index is 5.32. The highest BCUT2D eigenvalue weighted by molar-refractivity contribution is 7.25. The smallest absolute Gasteiger partial charge is 0.235 e. The van der Waals surface area contributed by atoms with Crippen LogP contribution in [0, 0.1) is 0 Å². The third-order valence-electron chi connectivity index (χ3n) is 8.52. The zero-order valence-corrected chi connectivity index (χ0v) is 23.6. The first-order valence-corrected chi connectivity index (χ1v) is 15.1. The first-order valence-electron chi connectivity index (χ1n) is 14.3. The number of nitrogens with zero attached hydrogens (tertiary/aromatic N) is 5. The second kappa shape index (κ2) is 8.47. The monoisotopic (exact) mass is 567 g/mol. The van der Waals surface area contributed by atoms with Crippen molar-refractivity contribution < 1.29 is 0 Å². The maximum absolute atomic E-state index is 5.32. The van der Waals surface area contributed by atoms with Crippen LogP contribution in [-0.2, 0) is 0 Å². The van der Waals surface area contributed by atoms with Crippen molar-refractivity contribution >= 4 is 81.0 Å². The number of rotatable bonds is 2. The van der Waals surface area contributed by atoms with Crippen molar-refractivity contribution in [2.24, 2.45) is 0 Å². The van der Waals surface area contributed by atoms with Gasteiger partial charge >= 0.3 is 0 Å². The molecular weight excluding hydrogens is 547 g/mol. The van der Waals surface area contributed by atoms with Gasteiger partial charge in [0, 0.05) is 37.2 Å². The number of hydrogen-bond donors (Lipinski definition) is 0. The average Bonchev–Trinajstić information content (AvgIpc) is 3.74. The molecular formula is C37H21N5S. The number of thiophene rings is 1.